The van der Waals surface area contributed by atoms with Gasteiger partial charge < -0.3 is 25.8 Å². The zero-order valence-corrected chi connectivity index (χ0v) is 27.1. The van der Waals surface area contributed by atoms with E-state index in [2.05, 4.69) is 32.8 Å². The van der Waals surface area contributed by atoms with Gasteiger partial charge in [0.25, 0.3) is 5.91 Å². The molecule has 0 aliphatic carbocycles. The number of carbonyl (C=O) groups excluding carboxylic acids is 3. The minimum absolute atomic E-state index is 0.0193. The molecule has 48 heavy (non-hydrogen) atoms. The van der Waals surface area contributed by atoms with Crippen LogP contribution < -0.4 is 20.9 Å². The van der Waals surface area contributed by atoms with Gasteiger partial charge in [0.15, 0.2) is 0 Å². The van der Waals surface area contributed by atoms with Gasteiger partial charge >= 0.3 is 0 Å². The van der Waals surface area contributed by atoms with Crippen LogP contribution in [0.25, 0.3) is 11.3 Å². The highest BCUT2D eigenvalue weighted by atomic mass is 19.1. The summed E-state index contributed by atoms with van der Waals surface area (Å²) in [5.41, 5.74) is 5.97. The lowest BCUT2D eigenvalue weighted by atomic mass is 9.99. The first kappa shape index (κ1) is 32.6. The molecule has 4 aromatic rings. The molecule has 0 saturated carbocycles. The molecule has 0 unspecified atom stereocenters. The second-order valence-electron chi connectivity index (χ2n) is 12.2. The summed E-state index contributed by atoms with van der Waals surface area (Å²) in [5, 5.41) is 9.17. The summed E-state index contributed by atoms with van der Waals surface area (Å²) < 4.78 is 14.0. The van der Waals surface area contributed by atoms with Crippen molar-refractivity contribution in [2.75, 3.05) is 62.4 Å². The lowest BCUT2D eigenvalue weighted by Gasteiger charge is -2.32. The summed E-state index contributed by atoms with van der Waals surface area (Å²) >= 11 is 0. The minimum Gasteiger partial charge on any atom is -0.354 e. The average Bonchev–Trinajstić information content (AvgIpc) is 3.42. The molecule has 3 N–H and O–H groups in total. The number of amides is 3. The molecule has 10 heteroatoms. The third kappa shape index (κ3) is 7.79. The van der Waals surface area contributed by atoms with E-state index in [1.807, 2.05) is 78.9 Å². The van der Waals surface area contributed by atoms with Crippen LogP contribution in [0.1, 0.15) is 22.3 Å². The summed E-state index contributed by atoms with van der Waals surface area (Å²) in [6.45, 7) is 4.34. The minimum atomic E-state index is -0.439. The Morgan fingerprint density at radius 3 is 2.29 bits per heavy atom. The van der Waals surface area contributed by atoms with Crippen LogP contribution in [0.15, 0.2) is 97.1 Å². The van der Waals surface area contributed by atoms with Gasteiger partial charge in [-0.15, -0.1) is 0 Å². The fourth-order valence-corrected chi connectivity index (χ4v) is 5.87. The predicted octanol–water partition coefficient (Wildman–Crippen LogP) is 4.83. The second-order valence-corrected chi connectivity index (χ2v) is 12.2. The molecule has 3 amide bonds. The van der Waals surface area contributed by atoms with Crippen LogP contribution in [0.4, 0.5) is 21.5 Å². The molecule has 0 aromatic heterocycles. The van der Waals surface area contributed by atoms with Crippen LogP contribution in [-0.2, 0) is 27.3 Å². The summed E-state index contributed by atoms with van der Waals surface area (Å²) in [7, 11) is 3.86. The number of nitrogens with zero attached hydrogens (tertiary/aromatic N) is 3. The van der Waals surface area contributed by atoms with E-state index in [9.17, 15) is 18.8 Å². The fraction of sp³-hybridized carbons (Fsp3) is 0.237. The van der Waals surface area contributed by atoms with E-state index in [1.54, 1.807) is 18.0 Å². The number of hydrogen-bond acceptors (Lipinski definition) is 6. The first-order chi connectivity index (χ1) is 23.2. The zero-order valence-electron chi connectivity index (χ0n) is 27.1. The Kier molecular flexibility index (Phi) is 9.94. The van der Waals surface area contributed by atoms with Gasteiger partial charge in [0, 0.05) is 56.7 Å². The number of carbonyl (C=O) groups is 3. The molecule has 9 nitrogen and oxygen atoms in total. The maximum Gasteiger partial charge on any atom is 0.258 e. The van der Waals surface area contributed by atoms with Gasteiger partial charge in [-0.3, -0.25) is 19.3 Å². The Morgan fingerprint density at radius 1 is 0.875 bits per heavy atom. The Labute approximate surface area is 280 Å². The number of nitrogens with one attached hydrogen (secondary N) is 3. The maximum absolute atomic E-state index is 14.0. The van der Waals surface area contributed by atoms with E-state index in [1.165, 1.54) is 12.1 Å². The SMILES string of the molecule is CN1CCN(CC(=O)N(C)c2ccc(NC(=C3C(=O)Nc4cc(F)ccc43)c3ccc(CNC(=O)Cc4ccccc4)cc3)cc2)CC1. The summed E-state index contributed by atoms with van der Waals surface area (Å²) in [4.78, 5) is 44.9. The van der Waals surface area contributed by atoms with Crippen LogP contribution in [-0.4, -0.2) is 74.3 Å². The highest BCUT2D eigenvalue weighted by molar-refractivity contribution is 6.37. The Morgan fingerprint density at radius 2 is 1.58 bits per heavy atom. The number of benzene rings is 4. The zero-order chi connectivity index (χ0) is 33.6. The monoisotopic (exact) mass is 646 g/mol. The van der Waals surface area contributed by atoms with Crippen LogP contribution in [0.5, 0.6) is 0 Å². The van der Waals surface area contributed by atoms with E-state index in [-0.39, 0.29) is 17.7 Å². The van der Waals surface area contributed by atoms with Gasteiger partial charge in [-0.1, -0.05) is 54.6 Å². The molecule has 2 aliphatic heterocycles. The number of anilines is 3. The van der Waals surface area contributed by atoms with Gasteiger partial charge in [0.05, 0.1) is 29.9 Å². The first-order valence-electron chi connectivity index (χ1n) is 16.0. The van der Waals surface area contributed by atoms with E-state index >= 15 is 0 Å². The van der Waals surface area contributed by atoms with Gasteiger partial charge in [0.2, 0.25) is 11.8 Å². The third-order valence-corrected chi connectivity index (χ3v) is 8.77. The highest BCUT2D eigenvalue weighted by Gasteiger charge is 2.29. The number of halogens is 1. The van der Waals surface area contributed by atoms with E-state index in [0.29, 0.717) is 47.7 Å². The molecule has 2 aliphatic rings. The van der Waals surface area contributed by atoms with Gasteiger partial charge in [0.1, 0.15) is 5.82 Å². The van der Waals surface area contributed by atoms with Crippen molar-refractivity contribution in [3.8, 4) is 0 Å². The number of fused-ring (bicyclic) bond motifs is 1. The van der Waals surface area contributed by atoms with Crippen LogP contribution >= 0.6 is 0 Å². The van der Waals surface area contributed by atoms with Crippen molar-refractivity contribution < 1.29 is 18.8 Å². The number of piperazine rings is 1. The Bertz CT molecular complexity index is 1820. The maximum atomic E-state index is 14.0. The van der Waals surface area contributed by atoms with E-state index in [4.69, 9.17) is 0 Å². The number of hydrogen-bond donors (Lipinski definition) is 3. The summed E-state index contributed by atoms with van der Waals surface area (Å²) in [6.07, 6.45) is 0.299. The third-order valence-electron chi connectivity index (χ3n) is 8.77. The molecule has 0 atom stereocenters. The second kappa shape index (κ2) is 14.6. The molecule has 0 spiro atoms. The molecule has 1 saturated heterocycles. The quantitative estimate of drug-likeness (QED) is 0.214. The molecular formula is C38H39FN6O3. The molecular weight excluding hydrogens is 607 g/mol. The highest BCUT2D eigenvalue weighted by Crippen LogP contribution is 2.38. The van der Waals surface area contributed by atoms with Crippen LogP contribution in [0.2, 0.25) is 0 Å². The standard InChI is InChI=1S/C38H39FN6O3/c1-43-18-20-45(21-19-43)25-35(47)44(2)31-15-13-30(14-16-31)41-37(36-32-17-12-29(39)23-33(32)42-38(36)48)28-10-8-27(9-11-28)24-40-34(46)22-26-6-4-3-5-7-26/h3-17,23,41H,18-22,24-25H2,1-2H3,(H,40,46)(H,42,48). The lowest BCUT2D eigenvalue weighted by Crippen LogP contribution is -2.48. The van der Waals surface area contributed by atoms with Gasteiger partial charge in [-0.2, -0.15) is 0 Å². The van der Waals surface area contributed by atoms with Crippen molar-refractivity contribution >= 4 is 46.1 Å². The fourth-order valence-electron chi connectivity index (χ4n) is 5.87. The molecule has 246 valence electrons. The Hall–Kier alpha value is -5.32. The van der Waals surface area contributed by atoms with Crippen molar-refractivity contribution in [1.29, 1.82) is 0 Å². The largest absolute Gasteiger partial charge is 0.354 e. The average molecular weight is 647 g/mol. The normalized spacial score (nSPS) is 15.8. The first-order valence-corrected chi connectivity index (χ1v) is 16.0. The van der Waals surface area contributed by atoms with Crippen LogP contribution in [0.3, 0.4) is 0 Å². The van der Waals surface area contributed by atoms with Gasteiger partial charge in [-0.25, -0.2) is 4.39 Å². The summed E-state index contributed by atoms with van der Waals surface area (Å²) in [5.74, 6) is -0.839. The smallest absolute Gasteiger partial charge is 0.258 e. The van der Waals surface area contributed by atoms with Crippen molar-refractivity contribution in [3.63, 3.8) is 0 Å². The van der Waals surface area contributed by atoms with Crippen molar-refractivity contribution in [2.24, 2.45) is 0 Å². The number of rotatable bonds is 10. The van der Waals surface area contributed by atoms with Crippen molar-refractivity contribution in [3.05, 3.63) is 125 Å². The molecule has 6 rings (SSSR count). The van der Waals surface area contributed by atoms with Crippen LogP contribution in [0, 0.1) is 5.82 Å². The van der Waals surface area contributed by atoms with E-state index in [0.717, 1.165) is 48.6 Å². The molecule has 1 fully saturated rings. The topological polar surface area (TPSA) is 97.0 Å². The molecule has 0 radical (unpaired) electrons. The number of likely N-dealkylation sites (N-methyl/N-ethyl adjacent to an activating group) is 2. The predicted molar refractivity (Wildman–Crippen MR) is 188 cm³/mol. The summed E-state index contributed by atoms with van der Waals surface area (Å²) in [6, 6.07) is 28.9. The van der Waals surface area contributed by atoms with Crippen molar-refractivity contribution in [2.45, 2.75) is 13.0 Å². The molecule has 4 aromatic carbocycles. The Balaban J connectivity index is 1.20. The molecule has 2 heterocycles. The van der Waals surface area contributed by atoms with Crippen molar-refractivity contribution in [1.82, 2.24) is 15.1 Å². The van der Waals surface area contributed by atoms with E-state index < -0.39 is 5.82 Å². The van der Waals surface area contributed by atoms with Gasteiger partial charge in [-0.05, 0) is 66.2 Å². The molecule has 0 bridgehead atoms. The lowest BCUT2D eigenvalue weighted by molar-refractivity contribution is -0.121.